The van der Waals surface area contributed by atoms with Crippen molar-refractivity contribution in [3.63, 3.8) is 0 Å². The summed E-state index contributed by atoms with van der Waals surface area (Å²) in [5.74, 6) is 7.33. The molecule has 3 aliphatic carbocycles. The Morgan fingerprint density at radius 2 is 1.50 bits per heavy atom. The fourth-order valence-corrected chi connectivity index (χ4v) is 6.32. The highest BCUT2D eigenvalue weighted by Gasteiger charge is 2.36. The summed E-state index contributed by atoms with van der Waals surface area (Å²) in [6.07, 6.45) is 18.6. The molecule has 0 heterocycles. The van der Waals surface area contributed by atoms with E-state index in [1.807, 2.05) is 0 Å². The van der Waals surface area contributed by atoms with Gasteiger partial charge in [-0.05, 0) is 73.5 Å². The molecule has 0 nitrogen and oxygen atoms in total. The van der Waals surface area contributed by atoms with E-state index < -0.39 is 0 Å². The zero-order valence-corrected chi connectivity index (χ0v) is 15.5. The molecule has 0 saturated heterocycles. The van der Waals surface area contributed by atoms with Crippen LogP contribution in [-0.2, 0) is 0 Å². The Bertz CT molecular complexity index is 329. The first-order valence-electron chi connectivity index (χ1n) is 10.6. The molecule has 0 aromatic heterocycles. The molecule has 0 radical (unpaired) electrons. The highest BCUT2D eigenvalue weighted by Crippen LogP contribution is 2.47. The predicted octanol–water partition coefficient (Wildman–Crippen LogP) is 7.08. The maximum absolute atomic E-state index is 2.55. The number of rotatable bonds is 4. The number of hydrogen-bond acceptors (Lipinski definition) is 0. The quantitative estimate of drug-likeness (QED) is 0.520. The first-order valence-corrected chi connectivity index (χ1v) is 10.6. The van der Waals surface area contributed by atoms with Crippen molar-refractivity contribution in [2.75, 3.05) is 0 Å². The standard InChI is InChI=1S/C22H40/c1-16(2)20-12-11-17(3)21(15-20)14-13-19-9-6-8-18-7-4-5-10-22(18)19/h16-22H,4-15H2,1-3H3. The van der Waals surface area contributed by atoms with E-state index >= 15 is 0 Å². The van der Waals surface area contributed by atoms with Crippen LogP contribution in [-0.4, -0.2) is 0 Å². The van der Waals surface area contributed by atoms with Crippen molar-refractivity contribution in [1.29, 1.82) is 0 Å². The minimum absolute atomic E-state index is 0.910. The molecule has 0 N–H and O–H groups in total. The van der Waals surface area contributed by atoms with Crippen LogP contribution in [0.2, 0.25) is 0 Å². The van der Waals surface area contributed by atoms with E-state index in [9.17, 15) is 0 Å². The number of hydrogen-bond donors (Lipinski definition) is 0. The maximum atomic E-state index is 2.55. The molecule has 0 amide bonds. The third-order valence-electron chi connectivity index (χ3n) is 7.98. The van der Waals surface area contributed by atoms with Crippen molar-refractivity contribution in [3.05, 3.63) is 0 Å². The van der Waals surface area contributed by atoms with Crippen molar-refractivity contribution in [2.45, 2.75) is 97.8 Å². The van der Waals surface area contributed by atoms with Gasteiger partial charge in [-0.15, -0.1) is 0 Å². The molecule has 3 fully saturated rings. The van der Waals surface area contributed by atoms with Crippen LogP contribution in [0.5, 0.6) is 0 Å². The smallest absolute Gasteiger partial charge is 0.0357 e. The predicted molar refractivity (Wildman–Crippen MR) is 96.9 cm³/mol. The maximum Gasteiger partial charge on any atom is -0.0357 e. The van der Waals surface area contributed by atoms with Gasteiger partial charge in [-0.3, -0.25) is 0 Å². The molecule has 0 bridgehead atoms. The number of fused-ring (bicyclic) bond motifs is 1. The third-order valence-corrected chi connectivity index (χ3v) is 7.98. The highest BCUT2D eigenvalue weighted by molar-refractivity contribution is 4.87. The van der Waals surface area contributed by atoms with Gasteiger partial charge in [0.05, 0.1) is 0 Å². The van der Waals surface area contributed by atoms with E-state index in [1.165, 1.54) is 25.7 Å². The highest BCUT2D eigenvalue weighted by atomic mass is 14.4. The van der Waals surface area contributed by atoms with Crippen LogP contribution in [0.3, 0.4) is 0 Å². The lowest BCUT2D eigenvalue weighted by molar-refractivity contribution is 0.0808. The third kappa shape index (κ3) is 3.90. The van der Waals surface area contributed by atoms with Crippen molar-refractivity contribution in [2.24, 2.45) is 41.4 Å². The molecule has 128 valence electrons. The van der Waals surface area contributed by atoms with Crippen LogP contribution in [0.1, 0.15) is 97.8 Å². The summed E-state index contributed by atoms with van der Waals surface area (Å²) in [7, 11) is 0. The molecule has 0 aliphatic heterocycles. The van der Waals surface area contributed by atoms with E-state index in [0.717, 1.165) is 41.4 Å². The summed E-state index contributed by atoms with van der Waals surface area (Å²) in [5.41, 5.74) is 0. The van der Waals surface area contributed by atoms with Gasteiger partial charge < -0.3 is 0 Å². The zero-order valence-electron chi connectivity index (χ0n) is 15.5. The fraction of sp³-hybridized carbons (Fsp3) is 1.00. The summed E-state index contributed by atoms with van der Waals surface area (Å²) < 4.78 is 0. The van der Waals surface area contributed by atoms with Gasteiger partial charge in [0.1, 0.15) is 0 Å². The van der Waals surface area contributed by atoms with E-state index in [4.69, 9.17) is 0 Å². The Hall–Kier alpha value is 0. The Morgan fingerprint density at radius 1 is 0.773 bits per heavy atom. The molecule has 0 aromatic rings. The van der Waals surface area contributed by atoms with Crippen LogP contribution in [0.25, 0.3) is 0 Å². The normalized spacial score (nSPS) is 43.1. The summed E-state index contributed by atoms with van der Waals surface area (Å²) >= 11 is 0. The molecular formula is C22H40. The van der Waals surface area contributed by atoms with Gasteiger partial charge in [0.15, 0.2) is 0 Å². The fourth-order valence-electron chi connectivity index (χ4n) is 6.32. The lowest BCUT2D eigenvalue weighted by Crippen LogP contribution is -2.32. The Morgan fingerprint density at radius 3 is 2.32 bits per heavy atom. The summed E-state index contributed by atoms with van der Waals surface area (Å²) in [4.78, 5) is 0. The molecule has 3 rings (SSSR count). The van der Waals surface area contributed by atoms with Crippen molar-refractivity contribution in [1.82, 2.24) is 0 Å². The second-order valence-electron chi connectivity index (χ2n) is 9.53. The van der Waals surface area contributed by atoms with Gasteiger partial charge in [0.25, 0.3) is 0 Å². The molecule has 0 aromatic carbocycles. The second kappa shape index (κ2) is 7.71. The van der Waals surface area contributed by atoms with E-state index in [2.05, 4.69) is 20.8 Å². The Kier molecular flexibility index (Phi) is 5.91. The first-order chi connectivity index (χ1) is 10.6. The SMILES string of the molecule is CC(C)C1CCC(C)C(CCC2CCCC3CCCCC32)C1. The Balaban J connectivity index is 1.52. The van der Waals surface area contributed by atoms with Gasteiger partial charge in [0, 0.05) is 0 Å². The van der Waals surface area contributed by atoms with E-state index in [0.29, 0.717) is 0 Å². The van der Waals surface area contributed by atoms with Crippen molar-refractivity contribution in [3.8, 4) is 0 Å². The molecular weight excluding hydrogens is 264 g/mol. The molecule has 22 heavy (non-hydrogen) atoms. The molecule has 6 atom stereocenters. The van der Waals surface area contributed by atoms with Gasteiger partial charge in [-0.2, -0.15) is 0 Å². The van der Waals surface area contributed by atoms with Gasteiger partial charge in [-0.1, -0.05) is 65.7 Å². The topological polar surface area (TPSA) is 0 Å². The average Bonchev–Trinajstić information content (AvgIpc) is 2.54. The summed E-state index contributed by atoms with van der Waals surface area (Å²) in [6.45, 7) is 7.45. The van der Waals surface area contributed by atoms with Crippen LogP contribution in [0, 0.1) is 41.4 Å². The molecule has 0 spiro atoms. The van der Waals surface area contributed by atoms with E-state index in [-0.39, 0.29) is 0 Å². The molecule has 3 aliphatic rings. The second-order valence-corrected chi connectivity index (χ2v) is 9.53. The van der Waals surface area contributed by atoms with Crippen LogP contribution < -0.4 is 0 Å². The zero-order chi connectivity index (χ0) is 15.5. The van der Waals surface area contributed by atoms with Gasteiger partial charge in [0.2, 0.25) is 0 Å². The summed E-state index contributed by atoms with van der Waals surface area (Å²) in [5, 5.41) is 0. The van der Waals surface area contributed by atoms with Crippen LogP contribution in [0.4, 0.5) is 0 Å². The summed E-state index contributed by atoms with van der Waals surface area (Å²) in [6, 6.07) is 0. The molecule has 6 unspecified atom stereocenters. The minimum Gasteiger partial charge on any atom is -0.0625 e. The van der Waals surface area contributed by atoms with Gasteiger partial charge in [-0.25, -0.2) is 0 Å². The first kappa shape index (κ1) is 16.8. The minimum atomic E-state index is 0.910. The monoisotopic (exact) mass is 304 g/mol. The Labute approximate surface area is 139 Å². The van der Waals surface area contributed by atoms with Crippen LogP contribution in [0.15, 0.2) is 0 Å². The average molecular weight is 305 g/mol. The lowest BCUT2D eigenvalue weighted by Gasteiger charge is -2.43. The van der Waals surface area contributed by atoms with Crippen LogP contribution >= 0.6 is 0 Å². The van der Waals surface area contributed by atoms with Gasteiger partial charge >= 0.3 is 0 Å². The largest absolute Gasteiger partial charge is 0.0625 e. The molecule has 0 heteroatoms. The van der Waals surface area contributed by atoms with Crippen molar-refractivity contribution < 1.29 is 0 Å². The molecule has 3 saturated carbocycles. The van der Waals surface area contributed by atoms with Crippen molar-refractivity contribution >= 4 is 0 Å². The lowest BCUT2D eigenvalue weighted by atomic mass is 9.63. The van der Waals surface area contributed by atoms with E-state index in [1.54, 1.807) is 51.4 Å².